The van der Waals surface area contributed by atoms with E-state index >= 15 is 0 Å². The average molecular weight is 319 g/mol. The fraction of sp³-hybridized carbons (Fsp3) is 0.455. The number of hydrogen-bond acceptors (Lipinski definition) is 4. The highest BCUT2D eigenvalue weighted by Crippen LogP contribution is 2.27. The summed E-state index contributed by atoms with van der Waals surface area (Å²) in [4.78, 5) is 10.5. The quantitative estimate of drug-likeness (QED) is 0.638. The molecule has 1 N–H and O–H groups in total. The molecule has 0 fully saturated rings. The van der Waals surface area contributed by atoms with Crippen LogP contribution in [0.5, 0.6) is 0 Å². The third-order valence-electron chi connectivity index (χ3n) is 2.42. The van der Waals surface area contributed by atoms with Crippen LogP contribution in [0.3, 0.4) is 0 Å². The summed E-state index contributed by atoms with van der Waals surface area (Å²) in [5.41, 5.74) is 0.683. The largest absolute Gasteiger partial charge is 0.379 e. The molecule has 0 heterocycles. The Kier molecular flexibility index (Phi) is 5.77. The molecular formula is C11H15BrN2O2S. The topological polar surface area (TPSA) is 55.2 Å². The molecule has 0 radical (unpaired) electrons. The number of nitro benzene ring substituents is 1. The van der Waals surface area contributed by atoms with Crippen LogP contribution in [0.2, 0.25) is 0 Å². The molecule has 1 atom stereocenters. The molecule has 0 aliphatic rings. The number of nitro groups is 1. The number of nitrogens with zero attached hydrogens (tertiary/aromatic N) is 1. The third kappa shape index (κ3) is 4.55. The van der Waals surface area contributed by atoms with E-state index < -0.39 is 0 Å². The predicted molar refractivity (Wildman–Crippen MR) is 76.9 cm³/mol. The van der Waals surface area contributed by atoms with Crippen molar-refractivity contribution in [3.05, 3.63) is 32.8 Å². The van der Waals surface area contributed by atoms with Crippen molar-refractivity contribution in [3.63, 3.8) is 0 Å². The normalized spacial score (nSPS) is 12.2. The van der Waals surface area contributed by atoms with Crippen molar-refractivity contribution in [2.75, 3.05) is 18.1 Å². The zero-order chi connectivity index (χ0) is 12.8. The number of benzene rings is 1. The first-order chi connectivity index (χ1) is 8.04. The minimum absolute atomic E-state index is 0.116. The van der Waals surface area contributed by atoms with E-state index in [-0.39, 0.29) is 10.6 Å². The minimum atomic E-state index is -0.368. The Hall–Kier alpha value is -0.750. The van der Waals surface area contributed by atoms with E-state index in [4.69, 9.17) is 0 Å². The zero-order valence-electron chi connectivity index (χ0n) is 9.77. The molecule has 0 aromatic heterocycles. The molecule has 0 bridgehead atoms. The van der Waals surface area contributed by atoms with E-state index in [9.17, 15) is 10.1 Å². The standard InChI is InChI=1S/C11H15BrN2O2S/c1-8(17-2)5-6-13-10-7-9(12)3-4-11(10)14(15)16/h3-4,7-8,13H,5-6H2,1-2H3. The summed E-state index contributed by atoms with van der Waals surface area (Å²) in [5, 5.41) is 14.5. The average Bonchev–Trinajstić information content (AvgIpc) is 2.28. The smallest absolute Gasteiger partial charge is 0.292 e. The molecule has 0 amide bonds. The number of thioether (sulfide) groups is 1. The van der Waals surface area contributed by atoms with Gasteiger partial charge in [-0.3, -0.25) is 10.1 Å². The van der Waals surface area contributed by atoms with Gasteiger partial charge in [0, 0.05) is 22.3 Å². The molecule has 17 heavy (non-hydrogen) atoms. The summed E-state index contributed by atoms with van der Waals surface area (Å²) in [5.74, 6) is 0. The van der Waals surface area contributed by atoms with Gasteiger partial charge in [0.25, 0.3) is 5.69 Å². The predicted octanol–water partition coefficient (Wildman–Crippen LogP) is 3.91. The first-order valence-corrected chi connectivity index (χ1v) is 7.33. The second-order valence-electron chi connectivity index (χ2n) is 3.68. The lowest BCUT2D eigenvalue weighted by Gasteiger charge is -2.10. The molecule has 6 heteroatoms. The van der Waals surface area contributed by atoms with Crippen molar-refractivity contribution in [2.45, 2.75) is 18.6 Å². The van der Waals surface area contributed by atoms with Crippen LogP contribution < -0.4 is 5.32 Å². The van der Waals surface area contributed by atoms with Crippen molar-refractivity contribution >= 4 is 39.1 Å². The van der Waals surface area contributed by atoms with Crippen LogP contribution in [-0.4, -0.2) is 23.0 Å². The van der Waals surface area contributed by atoms with Crippen LogP contribution in [0.25, 0.3) is 0 Å². The van der Waals surface area contributed by atoms with Crippen LogP contribution in [0.4, 0.5) is 11.4 Å². The van der Waals surface area contributed by atoms with Gasteiger partial charge in [-0.25, -0.2) is 0 Å². The lowest BCUT2D eigenvalue weighted by Crippen LogP contribution is -2.09. The summed E-state index contributed by atoms with van der Waals surface area (Å²) in [6.07, 6.45) is 3.04. The van der Waals surface area contributed by atoms with Gasteiger partial charge in [-0.05, 0) is 24.8 Å². The number of halogens is 1. The van der Waals surface area contributed by atoms with Gasteiger partial charge in [-0.2, -0.15) is 11.8 Å². The molecular weight excluding hydrogens is 304 g/mol. The molecule has 4 nitrogen and oxygen atoms in total. The van der Waals surface area contributed by atoms with Crippen molar-refractivity contribution < 1.29 is 4.92 Å². The second-order valence-corrected chi connectivity index (χ2v) is 5.87. The highest BCUT2D eigenvalue weighted by atomic mass is 79.9. The Labute approximate surface area is 113 Å². The molecule has 0 aliphatic heterocycles. The lowest BCUT2D eigenvalue weighted by atomic mass is 10.2. The molecule has 0 saturated heterocycles. The van der Waals surface area contributed by atoms with Gasteiger partial charge < -0.3 is 5.32 Å². The van der Waals surface area contributed by atoms with Gasteiger partial charge in [0.15, 0.2) is 0 Å². The van der Waals surface area contributed by atoms with E-state index in [1.807, 2.05) is 0 Å². The summed E-state index contributed by atoms with van der Waals surface area (Å²) >= 11 is 5.10. The third-order valence-corrected chi connectivity index (χ3v) is 3.96. The Morgan fingerprint density at radius 1 is 1.59 bits per heavy atom. The van der Waals surface area contributed by atoms with E-state index in [0.29, 0.717) is 10.9 Å². The first-order valence-electron chi connectivity index (χ1n) is 5.25. The van der Waals surface area contributed by atoms with E-state index in [0.717, 1.165) is 17.4 Å². The van der Waals surface area contributed by atoms with E-state index in [2.05, 4.69) is 34.4 Å². The highest BCUT2D eigenvalue weighted by Gasteiger charge is 2.13. The van der Waals surface area contributed by atoms with Crippen LogP contribution in [0, 0.1) is 10.1 Å². The van der Waals surface area contributed by atoms with Crippen molar-refractivity contribution in [2.24, 2.45) is 0 Å². The van der Waals surface area contributed by atoms with Gasteiger partial charge in [-0.1, -0.05) is 22.9 Å². The molecule has 0 aliphatic carbocycles. The molecule has 1 aromatic rings. The van der Waals surface area contributed by atoms with Crippen LogP contribution in [0.1, 0.15) is 13.3 Å². The summed E-state index contributed by atoms with van der Waals surface area (Å²) in [6, 6.07) is 4.92. The van der Waals surface area contributed by atoms with Gasteiger partial charge in [0.05, 0.1) is 4.92 Å². The van der Waals surface area contributed by atoms with Gasteiger partial charge >= 0.3 is 0 Å². The summed E-state index contributed by atoms with van der Waals surface area (Å²) in [6.45, 7) is 2.88. The Balaban J connectivity index is 2.68. The fourth-order valence-corrected chi connectivity index (χ4v) is 2.05. The first kappa shape index (κ1) is 14.3. The SMILES string of the molecule is CSC(C)CCNc1cc(Br)ccc1[N+](=O)[O-]. The Bertz CT molecular complexity index is 401. The fourth-order valence-electron chi connectivity index (χ4n) is 1.34. The van der Waals surface area contributed by atoms with E-state index in [1.54, 1.807) is 23.9 Å². The zero-order valence-corrected chi connectivity index (χ0v) is 12.2. The monoisotopic (exact) mass is 318 g/mol. The van der Waals surface area contributed by atoms with Crippen molar-refractivity contribution in [3.8, 4) is 0 Å². The number of rotatable bonds is 6. The van der Waals surface area contributed by atoms with Crippen molar-refractivity contribution in [1.29, 1.82) is 0 Å². The minimum Gasteiger partial charge on any atom is -0.379 e. The van der Waals surface area contributed by atoms with Crippen molar-refractivity contribution in [1.82, 2.24) is 0 Å². The molecule has 94 valence electrons. The molecule has 1 aromatic carbocycles. The Morgan fingerprint density at radius 3 is 2.88 bits per heavy atom. The van der Waals surface area contributed by atoms with Crippen LogP contribution in [-0.2, 0) is 0 Å². The molecule has 1 unspecified atom stereocenters. The maximum atomic E-state index is 10.8. The number of hydrogen-bond donors (Lipinski definition) is 1. The van der Waals surface area contributed by atoms with E-state index in [1.165, 1.54) is 6.07 Å². The van der Waals surface area contributed by atoms with Gasteiger partial charge in [0.2, 0.25) is 0 Å². The Morgan fingerprint density at radius 2 is 2.29 bits per heavy atom. The van der Waals surface area contributed by atoms with Gasteiger partial charge in [0.1, 0.15) is 5.69 Å². The van der Waals surface area contributed by atoms with Crippen LogP contribution in [0.15, 0.2) is 22.7 Å². The van der Waals surface area contributed by atoms with Crippen LogP contribution >= 0.6 is 27.7 Å². The molecule has 0 saturated carbocycles. The highest BCUT2D eigenvalue weighted by molar-refractivity contribution is 9.10. The maximum absolute atomic E-state index is 10.8. The lowest BCUT2D eigenvalue weighted by molar-refractivity contribution is -0.384. The molecule has 1 rings (SSSR count). The number of anilines is 1. The number of nitrogens with one attached hydrogen (secondary N) is 1. The molecule has 0 spiro atoms. The maximum Gasteiger partial charge on any atom is 0.292 e. The summed E-state index contributed by atoms with van der Waals surface area (Å²) < 4.78 is 0.837. The van der Waals surface area contributed by atoms with Gasteiger partial charge in [-0.15, -0.1) is 0 Å². The summed E-state index contributed by atoms with van der Waals surface area (Å²) in [7, 11) is 0. The second kappa shape index (κ2) is 6.86.